The number of fused-ring (bicyclic) bond motifs is 2. The van der Waals surface area contributed by atoms with E-state index in [0.29, 0.717) is 11.1 Å². The molecule has 1 atom stereocenters. The van der Waals surface area contributed by atoms with E-state index in [1.54, 1.807) is 19.9 Å². The molecule has 32 heavy (non-hydrogen) atoms. The maximum Gasteiger partial charge on any atom is 0.204 e. The van der Waals surface area contributed by atoms with Crippen molar-refractivity contribution in [2.75, 3.05) is 0 Å². The molecule has 4 N–H and O–H groups in total. The summed E-state index contributed by atoms with van der Waals surface area (Å²) in [5.74, 6) is -0.253. The Kier molecular flexibility index (Phi) is 5.17. The van der Waals surface area contributed by atoms with Crippen molar-refractivity contribution < 1.29 is 29.6 Å². The van der Waals surface area contributed by atoms with Crippen molar-refractivity contribution in [3.8, 4) is 34.1 Å². The Balaban J connectivity index is 1.96. The van der Waals surface area contributed by atoms with Gasteiger partial charge >= 0.3 is 0 Å². The molecule has 1 aromatic heterocycles. The lowest BCUT2D eigenvalue weighted by molar-refractivity contribution is -0.0412. The smallest absolute Gasteiger partial charge is 0.204 e. The fourth-order valence-corrected chi connectivity index (χ4v) is 3.90. The summed E-state index contributed by atoms with van der Waals surface area (Å²) in [6, 6.07) is 4.29. The van der Waals surface area contributed by atoms with Crippen LogP contribution in [0.2, 0.25) is 0 Å². The lowest BCUT2D eigenvalue weighted by atomic mass is 9.88. The highest BCUT2D eigenvalue weighted by Crippen LogP contribution is 2.45. The molecule has 0 saturated heterocycles. The first kappa shape index (κ1) is 21.8. The molecule has 0 bridgehead atoms. The molecule has 0 saturated carbocycles. The average molecular weight is 438 g/mol. The second-order valence-electron chi connectivity index (χ2n) is 8.93. The van der Waals surface area contributed by atoms with E-state index in [1.165, 1.54) is 18.4 Å². The lowest BCUT2D eigenvalue weighted by Crippen LogP contribution is -2.46. The Labute approximate surface area is 184 Å². The molecule has 7 nitrogen and oxygen atoms in total. The van der Waals surface area contributed by atoms with Gasteiger partial charge in [0.15, 0.2) is 0 Å². The molecular formula is C25H26O7. The first-order chi connectivity index (χ1) is 15.0. The van der Waals surface area contributed by atoms with Gasteiger partial charge in [-0.05, 0) is 46.2 Å². The van der Waals surface area contributed by atoms with Gasteiger partial charge in [-0.25, -0.2) is 0 Å². The Morgan fingerprint density at radius 3 is 2.56 bits per heavy atom. The molecule has 168 valence electrons. The number of aliphatic hydroxyl groups excluding tert-OH is 1. The van der Waals surface area contributed by atoms with Crippen molar-refractivity contribution in [2.24, 2.45) is 0 Å². The summed E-state index contributed by atoms with van der Waals surface area (Å²) < 4.78 is 11.6. The van der Waals surface area contributed by atoms with E-state index >= 15 is 0 Å². The molecule has 1 aliphatic heterocycles. The standard InChI is InChI=1S/C25H26O7/c1-12(2)5-6-14-18(27)10-19-21(22(14)29)23(30)16(11-31-19)13-7-8-17(26)15-9-20(28)25(3,4)32-24(13)15/h5,7-8,10-11,20,26-29H,6,9H2,1-4H3/t20-/m0/s1. The Morgan fingerprint density at radius 1 is 1.16 bits per heavy atom. The van der Waals surface area contributed by atoms with Crippen LogP contribution in [-0.4, -0.2) is 32.1 Å². The maximum atomic E-state index is 13.5. The minimum atomic E-state index is -0.933. The summed E-state index contributed by atoms with van der Waals surface area (Å²) in [6.45, 7) is 7.24. The number of phenols is 3. The van der Waals surface area contributed by atoms with Gasteiger partial charge in [0.2, 0.25) is 5.43 Å². The number of rotatable bonds is 3. The van der Waals surface area contributed by atoms with Crippen molar-refractivity contribution in [3.05, 3.63) is 57.5 Å². The van der Waals surface area contributed by atoms with Crippen LogP contribution in [0.5, 0.6) is 23.0 Å². The van der Waals surface area contributed by atoms with Gasteiger partial charge in [0.05, 0.1) is 11.7 Å². The molecule has 2 heterocycles. The van der Waals surface area contributed by atoms with E-state index in [9.17, 15) is 25.2 Å². The zero-order valence-corrected chi connectivity index (χ0v) is 18.4. The summed E-state index contributed by atoms with van der Waals surface area (Å²) in [5.41, 5.74) is 0.771. The summed E-state index contributed by atoms with van der Waals surface area (Å²) in [7, 11) is 0. The third-order valence-corrected chi connectivity index (χ3v) is 5.93. The number of phenolic OH excluding ortho intramolecular Hbond substituents is 3. The van der Waals surface area contributed by atoms with Crippen molar-refractivity contribution in [2.45, 2.75) is 52.2 Å². The third-order valence-electron chi connectivity index (χ3n) is 5.93. The summed E-state index contributed by atoms with van der Waals surface area (Å²) >= 11 is 0. The summed E-state index contributed by atoms with van der Waals surface area (Å²) in [4.78, 5) is 13.5. The van der Waals surface area contributed by atoms with E-state index < -0.39 is 17.1 Å². The van der Waals surface area contributed by atoms with Crippen molar-refractivity contribution >= 4 is 11.0 Å². The van der Waals surface area contributed by atoms with Crippen LogP contribution in [0.15, 0.2) is 45.3 Å². The second kappa shape index (κ2) is 7.60. The largest absolute Gasteiger partial charge is 0.508 e. The number of aliphatic hydroxyl groups is 1. The zero-order chi connectivity index (χ0) is 23.4. The highest BCUT2D eigenvalue weighted by Gasteiger charge is 2.38. The predicted molar refractivity (Wildman–Crippen MR) is 120 cm³/mol. The third kappa shape index (κ3) is 3.48. The molecule has 4 rings (SSSR count). The van der Waals surface area contributed by atoms with Crippen LogP contribution in [0.4, 0.5) is 0 Å². The minimum Gasteiger partial charge on any atom is -0.508 e. The first-order valence-electron chi connectivity index (χ1n) is 10.4. The Bertz CT molecular complexity index is 1310. The lowest BCUT2D eigenvalue weighted by Gasteiger charge is -2.38. The topological polar surface area (TPSA) is 120 Å². The predicted octanol–water partition coefficient (Wildman–Crippen LogP) is 4.16. The second-order valence-corrected chi connectivity index (χ2v) is 8.93. The molecule has 0 radical (unpaired) electrons. The fourth-order valence-electron chi connectivity index (χ4n) is 3.90. The van der Waals surface area contributed by atoms with Gasteiger partial charge in [-0.2, -0.15) is 0 Å². The molecule has 0 unspecified atom stereocenters. The Morgan fingerprint density at radius 2 is 1.88 bits per heavy atom. The normalized spacial score (nSPS) is 17.0. The number of hydrogen-bond donors (Lipinski definition) is 4. The van der Waals surface area contributed by atoms with Crippen molar-refractivity contribution in [1.29, 1.82) is 0 Å². The van der Waals surface area contributed by atoms with Crippen LogP contribution in [-0.2, 0) is 12.8 Å². The van der Waals surface area contributed by atoms with Crippen LogP contribution in [0, 0.1) is 0 Å². The summed E-state index contributed by atoms with van der Waals surface area (Å²) in [5, 5.41) is 41.8. The van der Waals surface area contributed by atoms with Crippen LogP contribution in [0.25, 0.3) is 22.1 Å². The minimum absolute atomic E-state index is 0.0414. The average Bonchev–Trinajstić information content (AvgIpc) is 2.70. The van der Waals surface area contributed by atoms with E-state index in [4.69, 9.17) is 9.15 Å². The highest BCUT2D eigenvalue weighted by molar-refractivity contribution is 5.90. The molecule has 7 heteroatoms. The number of allylic oxidation sites excluding steroid dienone is 2. The highest BCUT2D eigenvalue weighted by atomic mass is 16.5. The van der Waals surface area contributed by atoms with Gasteiger partial charge in [-0.1, -0.05) is 11.6 Å². The van der Waals surface area contributed by atoms with Gasteiger partial charge in [0.1, 0.15) is 45.8 Å². The number of hydrogen-bond acceptors (Lipinski definition) is 7. The van der Waals surface area contributed by atoms with Crippen LogP contribution < -0.4 is 10.2 Å². The molecule has 0 aliphatic carbocycles. The molecule has 0 amide bonds. The monoisotopic (exact) mass is 438 g/mol. The molecule has 2 aromatic carbocycles. The molecule has 1 aliphatic rings. The van der Waals surface area contributed by atoms with Gasteiger partial charge < -0.3 is 29.6 Å². The number of aromatic hydroxyl groups is 3. The molecular weight excluding hydrogens is 412 g/mol. The SMILES string of the molecule is CC(C)=CCc1c(O)cc2occ(-c3ccc(O)c4c3OC(C)(C)[C@@H](O)C4)c(=O)c2c1O. The number of ether oxygens (including phenoxy) is 1. The maximum absolute atomic E-state index is 13.5. The van der Waals surface area contributed by atoms with Crippen LogP contribution in [0.3, 0.4) is 0 Å². The fraction of sp³-hybridized carbons (Fsp3) is 0.320. The first-order valence-corrected chi connectivity index (χ1v) is 10.4. The zero-order valence-electron chi connectivity index (χ0n) is 18.4. The van der Waals surface area contributed by atoms with Gasteiger partial charge in [-0.3, -0.25) is 4.79 Å². The van der Waals surface area contributed by atoms with E-state index in [1.807, 2.05) is 19.9 Å². The van der Waals surface area contributed by atoms with Crippen molar-refractivity contribution in [3.63, 3.8) is 0 Å². The quantitative estimate of drug-likeness (QED) is 0.453. The van der Waals surface area contributed by atoms with Crippen molar-refractivity contribution in [1.82, 2.24) is 0 Å². The molecule has 0 fully saturated rings. The molecule has 3 aromatic rings. The van der Waals surface area contributed by atoms with Gasteiger partial charge in [0.25, 0.3) is 0 Å². The van der Waals surface area contributed by atoms with E-state index in [-0.39, 0.29) is 57.9 Å². The van der Waals surface area contributed by atoms with E-state index in [0.717, 1.165) is 5.57 Å². The van der Waals surface area contributed by atoms with Crippen LogP contribution in [0.1, 0.15) is 38.8 Å². The summed E-state index contributed by atoms with van der Waals surface area (Å²) in [6.07, 6.45) is 2.65. The molecule has 0 spiro atoms. The van der Waals surface area contributed by atoms with E-state index in [2.05, 4.69) is 0 Å². The van der Waals surface area contributed by atoms with Gasteiger partial charge in [-0.15, -0.1) is 0 Å². The number of benzene rings is 2. The Hall–Kier alpha value is -3.45. The van der Waals surface area contributed by atoms with Crippen LogP contribution >= 0.6 is 0 Å². The van der Waals surface area contributed by atoms with Gasteiger partial charge in [0, 0.05) is 29.2 Å².